The molecule has 4 heteroatoms. The minimum absolute atomic E-state index is 0.0902. The van der Waals surface area contributed by atoms with E-state index in [1.54, 1.807) is 0 Å². The zero-order valence-electron chi connectivity index (χ0n) is 6.31. The lowest BCUT2D eigenvalue weighted by Crippen LogP contribution is -2.29. The Bertz CT molecular complexity index is 78.1. The van der Waals surface area contributed by atoms with Crippen LogP contribution in [0.2, 0.25) is 0 Å². The van der Waals surface area contributed by atoms with Crippen LogP contribution in [0.1, 0.15) is 13.8 Å². The van der Waals surface area contributed by atoms with Crippen LogP contribution in [0.3, 0.4) is 0 Å². The molecule has 0 amide bonds. The van der Waals surface area contributed by atoms with Gasteiger partial charge < -0.3 is 4.90 Å². The first-order chi connectivity index (χ1) is 4.74. The Morgan fingerprint density at radius 2 is 1.90 bits per heavy atom. The standard InChI is InChI=1S/C6H13Br2NO/c1-3-9(4-2)5-6(7)10-8/h6H,3-5H2,1-2H3. The Morgan fingerprint density at radius 1 is 1.40 bits per heavy atom. The van der Waals surface area contributed by atoms with Crippen molar-refractivity contribution in [1.29, 1.82) is 0 Å². The molecule has 0 aliphatic carbocycles. The van der Waals surface area contributed by atoms with E-state index in [-0.39, 0.29) is 5.01 Å². The summed E-state index contributed by atoms with van der Waals surface area (Å²) in [5, 5.41) is 0.0902. The molecule has 0 aromatic heterocycles. The van der Waals surface area contributed by atoms with Crippen LogP contribution >= 0.6 is 32.2 Å². The molecule has 0 aliphatic rings. The molecule has 0 aromatic rings. The summed E-state index contributed by atoms with van der Waals surface area (Å²) in [6.07, 6.45) is 0. The van der Waals surface area contributed by atoms with Gasteiger partial charge in [0.25, 0.3) is 0 Å². The largest absolute Gasteiger partial charge is 0.300 e. The summed E-state index contributed by atoms with van der Waals surface area (Å²) in [5.41, 5.74) is 0. The summed E-state index contributed by atoms with van der Waals surface area (Å²) in [7, 11) is 0. The fourth-order valence-electron chi connectivity index (χ4n) is 0.713. The Labute approximate surface area is 79.5 Å². The van der Waals surface area contributed by atoms with Gasteiger partial charge in [0.05, 0.1) is 16.3 Å². The maximum absolute atomic E-state index is 4.87. The van der Waals surface area contributed by atoms with Crippen molar-refractivity contribution in [3.8, 4) is 0 Å². The van der Waals surface area contributed by atoms with Crippen molar-refractivity contribution < 1.29 is 3.83 Å². The normalized spacial score (nSPS) is 14.1. The quantitative estimate of drug-likeness (QED) is 0.714. The zero-order chi connectivity index (χ0) is 7.98. The molecular formula is C6H13Br2NO. The maximum atomic E-state index is 4.87. The van der Waals surface area contributed by atoms with E-state index in [1.807, 2.05) is 0 Å². The molecule has 10 heavy (non-hydrogen) atoms. The zero-order valence-corrected chi connectivity index (χ0v) is 9.48. The van der Waals surface area contributed by atoms with E-state index in [1.165, 1.54) is 0 Å². The Balaban J connectivity index is 3.41. The molecular weight excluding hydrogens is 262 g/mol. The highest BCUT2D eigenvalue weighted by atomic mass is 79.9. The number of hydrogen-bond donors (Lipinski definition) is 0. The van der Waals surface area contributed by atoms with Gasteiger partial charge in [0.15, 0.2) is 0 Å². The molecule has 0 saturated carbocycles. The lowest BCUT2D eigenvalue weighted by Gasteiger charge is -2.19. The highest BCUT2D eigenvalue weighted by Gasteiger charge is 2.06. The molecule has 0 fully saturated rings. The van der Waals surface area contributed by atoms with Gasteiger partial charge in [0.1, 0.15) is 5.01 Å². The van der Waals surface area contributed by atoms with Crippen LogP contribution in [-0.2, 0) is 3.83 Å². The lowest BCUT2D eigenvalue weighted by molar-refractivity contribution is 0.233. The summed E-state index contributed by atoms with van der Waals surface area (Å²) in [4.78, 5) is 2.28. The molecule has 62 valence electrons. The molecule has 0 saturated heterocycles. The third-order valence-electron chi connectivity index (χ3n) is 1.39. The van der Waals surface area contributed by atoms with E-state index in [0.717, 1.165) is 19.6 Å². The van der Waals surface area contributed by atoms with Crippen molar-refractivity contribution in [1.82, 2.24) is 4.90 Å². The molecule has 1 atom stereocenters. The molecule has 0 radical (unpaired) electrons. The van der Waals surface area contributed by atoms with Gasteiger partial charge in [0.2, 0.25) is 0 Å². The first-order valence-electron chi connectivity index (χ1n) is 3.38. The van der Waals surface area contributed by atoms with Gasteiger partial charge in [-0.2, -0.15) is 0 Å². The van der Waals surface area contributed by atoms with Crippen molar-refractivity contribution in [2.75, 3.05) is 19.6 Å². The van der Waals surface area contributed by atoms with Gasteiger partial charge in [0, 0.05) is 6.54 Å². The number of alkyl halides is 1. The average Bonchev–Trinajstić information content (AvgIpc) is 1.99. The fourth-order valence-corrected chi connectivity index (χ4v) is 1.24. The second-order valence-electron chi connectivity index (χ2n) is 1.98. The number of hydrogen-bond acceptors (Lipinski definition) is 2. The SMILES string of the molecule is CCN(CC)CC(Br)OBr. The van der Waals surface area contributed by atoms with Crippen molar-refractivity contribution in [3.05, 3.63) is 0 Å². The van der Waals surface area contributed by atoms with Crippen LogP contribution in [0.25, 0.3) is 0 Å². The van der Waals surface area contributed by atoms with E-state index in [0.29, 0.717) is 0 Å². The van der Waals surface area contributed by atoms with Crippen LogP contribution in [-0.4, -0.2) is 29.5 Å². The Kier molecular flexibility index (Phi) is 7.16. The number of likely N-dealkylation sites (N-methyl/N-ethyl adjacent to an activating group) is 1. The topological polar surface area (TPSA) is 12.5 Å². The van der Waals surface area contributed by atoms with Crippen LogP contribution in [0.15, 0.2) is 0 Å². The van der Waals surface area contributed by atoms with Crippen LogP contribution in [0.4, 0.5) is 0 Å². The number of rotatable bonds is 5. The van der Waals surface area contributed by atoms with Crippen molar-refractivity contribution in [2.24, 2.45) is 0 Å². The molecule has 0 spiro atoms. The predicted octanol–water partition coefficient (Wildman–Crippen LogP) is 2.38. The van der Waals surface area contributed by atoms with E-state index < -0.39 is 0 Å². The van der Waals surface area contributed by atoms with Gasteiger partial charge >= 0.3 is 0 Å². The van der Waals surface area contributed by atoms with Crippen LogP contribution < -0.4 is 0 Å². The Morgan fingerprint density at radius 3 is 2.20 bits per heavy atom. The van der Waals surface area contributed by atoms with Gasteiger partial charge in [-0.15, -0.1) is 0 Å². The highest BCUT2D eigenvalue weighted by Crippen LogP contribution is 2.07. The van der Waals surface area contributed by atoms with Gasteiger partial charge in [-0.3, -0.25) is 3.83 Å². The van der Waals surface area contributed by atoms with E-state index in [9.17, 15) is 0 Å². The summed E-state index contributed by atoms with van der Waals surface area (Å²) in [6, 6.07) is 0. The van der Waals surface area contributed by atoms with Crippen molar-refractivity contribution >= 4 is 32.2 Å². The van der Waals surface area contributed by atoms with E-state index in [2.05, 4.69) is 50.9 Å². The lowest BCUT2D eigenvalue weighted by atomic mass is 10.5. The molecule has 0 heterocycles. The van der Waals surface area contributed by atoms with Gasteiger partial charge in [-0.1, -0.05) is 29.8 Å². The minimum atomic E-state index is 0.0902. The second kappa shape index (κ2) is 6.58. The summed E-state index contributed by atoms with van der Waals surface area (Å²) in [6.45, 7) is 7.32. The molecule has 0 rings (SSSR count). The monoisotopic (exact) mass is 273 g/mol. The van der Waals surface area contributed by atoms with Gasteiger partial charge in [-0.05, 0) is 13.1 Å². The minimum Gasteiger partial charge on any atom is -0.300 e. The van der Waals surface area contributed by atoms with Crippen molar-refractivity contribution in [2.45, 2.75) is 18.9 Å². The third-order valence-corrected chi connectivity index (χ3v) is 2.82. The average molecular weight is 275 g/mol. The van der Waals surface area contributed by atoms with Crippen LogP contribution in [0, 0.1) is 0 Å². The molecule has 0 aromatic carbocycles. The smallest absolute Gasteiger partial charge is 0.139 e. The van der Waals surface area contributed by atoms with Crippen LogP contribution in [0.5, 0.6) is 0 Å². The molecule has 2 nitrogen and oxygen atoms in total. The predicted molar refractivity (Wildman–Crippen MR) is 50.5 cm³/mol. The maximum Gasteiger partial charge on any atom is 0.139 e. The fraction of sp³-hybridized carbons (Fsp3) is 1.00. The molecule has 0 bridgehead atoms. The molecule has 0 N–H and O–H groups in total. The first-order valence-corrected chi connectivity index (χ1v) is 4.94. The third kappa shape index (κ3) is 4.66. The summed E-state index contributed by atoms with van der Waals surface area (Å²) >= 11 is 6.28. The number of nitrogens with zero attached hydrogens (tertiary/aromatic N) is 1. The van der Waals surface area contributed by atoms with E-state index in [4.69, 9.17) is 3.83 Å². The molecule has 1 unspecified atom stereocenters. The molecule has 0 aliphatic heterocycles. The Hall–Kier alpha value is 0.880. The highest BCUT2D eigenvalue weighted by molar-refractivity contribution is 9.10. The number of halogens is 2. The summed E-state index contributed by atoms with van der Waals surface area (Å²) in [5.74, 6) is 0. The second-order valence-corrected chi connectivity index (χ2v) is 3.38. The van der Waals surface area contributed by atoms with Gasteiger partial charge in [-0.25, -0.2) is 0 Å². The first kappa shape index (κ1) is 10.9. The van der Waals surface area contributed by atoms with Crippen molar-refractivity contribution in [3.63, 3.8) is 0 Å². The summed E-state index contributed by atoms with van der Waals surface area (Å²) < 4.78 is 4.87. The van der Waals surface area contributed by atoms with E-state index >= 15 is 0 Å².